The molecule has 0 amide bonds. The van der Waals surface area contributed by atoms with Crippen LogP contribution in [0.2, 0.25) is 0 Å². The van der Waals surface area contributed by atoms with Crippen LogP contribution in [0.25, 0.3) is 0 Å². The van der Waals surface area contributed by atoms with Crippen molar-refractivity contribution in [3.05, 3.63) is 53.7 Å². The number of alkyl halides is 2. The summed E-state index contributed by atoms with van der Waals surface area (Å²) in [6.07, 6.45) is 1.64. The molecule has 27 heavy (non-hydrogen) atoms. The van der Waals surface area contributed by atoms with Crippen molar-refractivity contribution < 1.29 is 13.2 Å². The monoisotopic (exact) mass is 376 g/mol. The summed E-state index contributed by atoms with van der Waals surface area (Å²) in [6.45, 7) is 3.59. The second kappa shape index (κ2) is 6.78. The number of aryl methyl sites for hydroxylation is 1. The summed E-state index contributed by atoms with van der Waals surface area (Å²) in [5, 5.41) is 0. The molecule has 0 N–H and O–H groups in total. The van der Waals surface area contributed by atoms with Gasteiger partial charge in [0, 0.05) is 51.0 Å². The summed E-state index contributed by atoms with van der Waals surface area (Å²) < 4.78 is 44.0. The van der Waals surface area contributed by atoms with Crippen molar-refractivity contribution in [3.63, 3.8) is 0 Å². The fourth-order valence-corrected chi connectivity index (χ4v) is 4.33. The predicted molar refractivity (Wildman–Crippen MR) is 97.3 cm³/mol. The van der Waals surface area contributed by atoms with Crippen molar-refractivity contribution in [2.45, 2.75) is 32.2 Å². The van der Waals surface area contributed by atoms with Crippen molar-refractivity contribution >= 4 is 5.82 Å². The zero-order valence-corrected chi connectivity index (χ0v) is 15.3. The Hall–Kier alpha value is -2.15. The first-order chi connectivity index (χ1) is 12.9. The maximum Gasteiger partial charge on any atom is 0.257 e. The summed E-state index contributed by atoms with van der Waals surface area (Å²) in [6, 6.07) is 8.62. The molecule has 2 aliphatic heterocycles. The molecule has 2 aromatic rings. The van der Waals surface area contributed by atoms with Gasteiger partial charge in [0.2, 0.25) is 0 Å². The van der Waals surface area contributed by atoms with Crippen molar-refractivity contribution in [1.82, 2.24) is 14.9 Å². The number of piperidine rings is 1. The third-order valence-electron chi connectivity index (χ3n) is 5.77. The Morgan fingerprint density at radius 3 is 2.70 bits per heavy atom. The molecule has 1 unspecified atom stereocenters. The van der Waals surface area contributed by atoms with Crippen LogP contribution in [-0.2, 0) is 6.54 Å². The number of pyridine rings is 2. The Morgan fingerprint density at radius 2 is 1.93 bits per heavy atom. The zero-order chi connectivity index (χ0) is 19.1. The highest BCUT2D eigenvalue weighted by Crippen LogP contribution is 2.50. The number of halogens is 3. The summed E-state index contributed by atoms with van der Waals surface area (Å²) in [4.78, 5) is 12.3. The van der Waals surface area contributed by atoms with Gasteiger partial charge in [-0.25, -0.2) is 18.2 Å². The molecule has 0 saturated carbocycles. The normalized spacial score (nSPS) is 25.3. The second-order valence-corrected chi connectivity index (χ2v) is 7.70. The van der Waals surface area contributed by atoms with Crippen LogP contribution in [0.3, 0.4) is 0 Å². The maximum absolute atomic E-state index is 14.9. The highest BCUT2D eigenvalue weighted by atomic mass is 19.3. The zero-order valence-electron chi connectivity index (χ0n) is 15.3. The molecule has 7 heteroatoms. The molecule has 2 aromatic heterocycles. The highest BCUT2D eigenvalue weighted by molar-refractivity contribution is 5.42. The van der Waals surface area contributed by atoms with Gasteiger partial charge < -0.3 is 4.90 Å². The summed E-state index contributed by atoms with van der Waals surface area (Å²) >= 11 is 0. The Balaban J connectivity index is 1.54. The Morgan fingerprint density at radius 1 is 1.07 bits per heavy atom. The Labute approximate surface area is 157 Å². The molecule has 2 saturated heterocycles. The number of anilines is 1. The molecular formula is C20H23F3N4. The van der Waals surface area contributed by atoms with Gasteiger partial charge in [0.25, 0.3) is 5.92 Å². The van der Waals surface area contributed by atoms with E-state index in [1.807, 2.05) is 25.1 Å². The average molecular weight is 376 g/mol. The van der Waals surface area contributed by atoms with Crippen molar-refractivity contribution in [2.24, 2.45) is 5.41 Å². The molecule has 144 valence electrons. The fraction of sp³-hybridized carbons (Fsp3) is 0.500. The molecule has 0 bridgehead atoms. The highest BCUT2D eigenvalue weighted by Gasteiger charge is 2.59. The van der Waals surface area contributed by atoms with Crippen LogP contribution in [0, 0.1) is 18.2 Å². The fourth-order valence-electron chi connectivity index (χ4n) is 4.33. The van der Waals surface area contributed by atoms with Crippen LogP contribution in [0.1, 0.15) is 24.2 Å². The van der Waals surface area contributed by atoms with Crippen LogP contribution < -0.4 is 4.90 Å². The predicted octanol–water partition coefficient (Wildman–Crippen LogP) is 3.66. The first-order valence-electron chi connectivity index (χ1n) is 9.27. The minimum absolute atomic E-state index is 0.117. The van der Waals surface area contributed by atoms with Crippen LogP contribution in [0.4, 0.5) is 19.0 Å². The van der Waals surface area contributed by atoms with Gasteiger partial charge in [-0.15, -0.1) is 0 Å². The quantitative estimate of drug-likeness (QED) is 0.818. The first kappa shape index (κ1) is 18.2. The summed E-state index contributed by atoms with van der Waals surface area (Å²) in [5.74, 6) is -3.07. The lowest BCUT2D eigenvalue weighted by Gasteiger charge is -2.45. The van der Waals surface area contributed by atoms with E-state index in [9.17, 15) is 13.2 Å². The van der Waals surface area contributed by atoms with Gasteiger partial charge in [0.1, 0.15) is 0 Å². The summed E-state index contributed by atoms with van der Waals surface area (Å²) in [5.41, 5.74) is 0.627. The smallest absolute Gasteiger partial charge is 0.257 e. The maximum atomic E-state index is 14.9. The molecular weight excluding hydrogens is 353 g/mol. The van der Waals surface area contributed by atoms with E-state index >= 15 is 0 Å². The van der Waals surface area contributed by atoms with E-state index in [0.717, 1.165) is 11.4 Å². The van der Waals surface area contributed by atoms with E-state index < -0.39 is 17.2 Å². The summed E-state index contributed by atoms with van der Waals surface area (Å²) in [7, 11) is 0. The number of hydrogen-bond donors (Lipinski definition) is 0. The van der Waals surface area contributed by atoms with Crippen LogP contribution >= 0.6 is 0 Å². The van der Waals surface area contributed by atoms with E-state index in [1.54, 1.807) is 4.90 Å². The van der Waals surface area contributed by atoms with Crippen LogP contribution in [-0.4, -0.2) is 47.0 Å². The number of aromatic nitrogens is 2. The SMILES string of the molecule is Cc1cccc(CN2CCC(F)(F)C3(CCN(c4ncccc4F)C3)C2)n1. The van der Waals surface area contributed by atoms with E-state index in [2.05, 4.69) is 14.9 Å². The molecule has 4 nitrogen and oxygen atoms in total. The Kier molecular flexibility index (Phi) is 4.58. The van der Waals surface area contributed by atoms with E-state index in [0.29, 0.717) is 26.1 Å². The molecule has 1 spiro atoms. The third-order valence-corrected chi connectivity index (χ3v) is 5.77. The average Bonchev–Trinajstić information content (AvgIpc) is 3.04. The minimum Gasteiger partial charge on any atom is -0.353 e. The van der Waals surface area contributed by atoms with Gasteiger partial charge >= 0.3 is 0 Å². The van der Waals surface area contributed by atoms with Crippen molar-refractivity contribution in [2.75, 3.05) is 31.1 Å². The number of rotatable bonds is 3. The van der Waals surface area contributed by atoms with Crippen LogP contribution in [0.5, 0.6) is 0 Å². The first-order valence-corrected chi connectivity index (χ1v) is 9.27. The standard InChI is InChI=1S/C20H23F3N4/c1-15-4-2-5-16(25-15)12-26-10-8-20(22,23)19(13-26)7-11-27(14-19)18-17(21)6-3-9-24-18/h2-6,9H,7-8,10-14H2,1H3. The second-order valence-electron chi connectivity index (χ2n) is 7.70. The molecule has 2 aliphatic rings. The topological polar surface area (TPSA) is 32.3 Å². The van der Waals surface area contributed by atoms with Gasteiger partial charge in [0.15, 0.2) is 11.6 Å². The lowest BCUT2D eigenvalue weighted by Crippen LogP contribution is -2.56. The minimum atomic E-state index is -2.77. The molecule has 2 fully saturated rings. The number of hydrogen-bond acceptors (Lipinski definition) is 4. The lowest BCUT2D eigenvalue weighted by molar-refractivity contribution is -0.159. The van der Waals surface area contributed by atoms with Gasteiger partial charge in [-0.2, -0.15) is 0 Å². The largest absolute Gasteiger partial charge is 0.353 e. The third kappa shape index (κ3) is 3.40. The van der Waals surface area contributed by atoms with Gasteiger partial charge in [-0.1, -0.05) is 6.07 Å². The van der Waals surface area contributed by atoms with E-state index in [-0.39, 0.29) is 25.3 Å². The lowest BCUT2D eigenvalue weighted by atomic mass is 9.75. The Bertz CT molecular complexity index is 828. The number of nitrogens with zero attached hydrogens (tertiary/aromatic N) is 4. The molecule has 4 heterocycles. The molecule has 0 aromatic carbocycles. The number of likely N-dealkylation sites (tertiary alicyclic amines) is 1. The van der Waals surface area contributed by atoms with Gasteiger partial charge in [-0.05, 0) is 37.6 Å². The molecule has 0 radical (unpaired) electrons. The van der Waals surface area contributed by atoms with Gasteiger partial charge in [-0.3, -0.25) is 9.88 Å². The van der Waals surface area contributed by atoms with E-state index in [4.69, 9.17) is 0 Å². The molecule has 4 rings (SSSR count). The molecule has 0 aliphatic carbocycles. The molecule has 1 atom stereocenters. The van der Waals surface area contributed by atoms with Crippen molar-refractivity contribution in [3.8, 4) is 0 Å². The van der Waals surface area contributed by atoms with Crippen LogP contribution in [0.15, 0.2) is 36.5 Å². The van der Waals surface area contributed by atoms with Gasteiger partial charge in [0.05, 0.1) is 11.1 Å². The van der Waals surface area contributed by atoms with Crippen molar-refractivity contribution in [1.29, 1.82) is 0 Å². The van der Waals surface area contributed by atoms with E-state index in [1.165, 1.54) is 18.3 Å².